The van der Waals surface area contributed by atoms with E-state index in [-0.39, 0.29) is 18.4 Å². The summed E-state index contributed by atoms with van der Waals surface area (Å²) in [6.45, 7) is 6.13. The van der Waals surface area contributed by atoms with Crippen molar-refractivity contribution in [2.45, 2.75) is 45.2 Å². The average Bonchev–Trinajstić information content (AvgIpc) is 2.92. The molecule has 2 N–H and O–H groups in total. The molecule has 196 valence electrons. The van der Waals surface area contributed by atoms with Gasteiger partial charge in [-0.3, -0.25) is 14.5 Å². The standard InChI is InChI=1S/C28H39N3O5/c1-3-4-15-35-25-10-8-23(9-11-25)28(33)30-21-27(32)29-20-22-6-5-7-26(19-22)36-18-14-31(2)24-12-16-34-17-13-24/h5-11,19,24H,3-4,12-18,20-21H2,1-2H3,(H,29,32)(H,30,33). The van der Waals surface area contributed by atoms with Crippen molar-refractivity contribution in [3.8, 4) is 11.5 Å². The maximum Gasteiger partial charge on any atom is 0.251 e. The maximum absolute atomic E-state index is 12.3. The Labute approximate surface area is 214 Å². The van der Waals surface area contributed by atoms with Gasteiger partial charge >= 0.3 is 0 Å². The van der Waals surface area contributed by atoms with Gasteiger partial charge in [0.05, 0.1) is 13.2 Å². The Balaban J connectivity index is 1.34. The SMILES string of the molecule is CCCCOc1ccc(C(=O)NCC(=O)NCc2cccc(OCCN(C)C3CCOCC3)c2)cc1. The van der Waals surface area contributed by atoms with Gasteiger partial charge in [0, 0.05) is 37.9 Å². The number of hydrogen-bond acceptors (Lipinski definition) is 6. The van der Waals surface area contributed by atoms with Gasteiger partial charge in [0.15, 0.2) is 0 Å². The van der Waals surface area contributed by atoms with Crippen molar-refractivity contribution in [2.24, 2.45) is 0 Å². The van der Waals surface area contributed by atoms with Crippen LogP contribution in [0, 0.1) is 0 Å². The molecule has 36 heavy (non-hydrogen) atoms. The molecule has 0 spiro atoms. The first-order valence-electron chi connectivity index (χ1n) is 12.8. The van der Waals surface area contributed by atoms with Gasteiger partial charge in [-0.25, -0.2) is 0 Å². The smallest absolute Gasteiger partial charge is 0.251 e. The van der Waals surface area contributed by atoms with E-state index in [2.05, 4.69) is 29.5 Å². The number of benzene rings is 2. The van der Waals surface area contributed by atoms with E-state index in [0.29, 0.717) is 31.4 Å². The van der Waals surface area contributed by atoms with Gasteiger partial charge in [-0.05, 0) is 68.3 Å². The quantitative estimate of drug-likeness (QED) is 0.389. The lowest BCUT2D eigenvalue weighted by Gasteiger charge is -2.31. The fraction of sp³-hybridized carbons (Fsp3) is 0.500. The molecule has 0 bridgehead atoms. The number of nitrogens with one attached hydrogen (secondary N) is 2. The second-order valence-electron chi connectivity index (χ2n) is 9.01. The predicted octanol–water partition coefficient (Wildman–Crippen LogP) is 3.40. The molecule has 0 unspecified atom stereocenters. The van der Waals surface area contributed by atoms with Crippen molar-refractivity contribution in [1.82, 2.24) is 15.5 Å². The molecule has 1 aliphatic heterocycles. The molecular formula is C28H39N3O5. The molecule has 8 nitrogen and oxygen atoms in total. The van der Waals surface area contributed by atoms with Crippen molar-refractivity contribution < 1.29 is 23.8 Å². The molecule has 1 heterocycles. The van der Waals surface area contributed by atoms with Crippen LogP contribution in [0.4, 0.5) is 0 Å². The lowest BCUT2D eigenvalue weighted by atomic mass is 10.1. The van der Waals surface area contributed by atoms with Crippen LogP contribution in [0.3, 0.4) is 0 Å². The van der Waals surface area contributed by atoms with Crippen molar-refractivity contribution in [3.05, 3.63) is 59.7 Å². The minimum atomic E-state index is -0.300. The lowest BCUT2D eigenvalue weighted by molar-refractivity contribution is -0.120. The molecule has 1 fully saturated rings. The Morgan fingerprint density at radius 2 is 1.75 bits per heavy atom. The molecule has 1 saturated heterocycles. The topological polar surface area (TPSA) is 89.1 Å². The number of carbonyl (C=O) groups is 2. The van der Waals surface area contributed by atoms with E-state index in [0.717, 1.165) is 62.5 Å². The van der Waals surface area contributed by atoms with E-state index in [9.17, 15) is 9.59 Å². The van der Waals surface area contributed by atoms with Gasteiger partial charge in [0.2, 0.25) is 5.91 Å². The zero-order valence-electron chi connectivity index (χ0n) is 21.5. The zero-order chi connectivity index (χ0) is 25.6. The Morgan fingerprint density at radius 3 is 2.50 bits per heavy atom. The maximum atomic E-state index is 12.3. The third kappa shape index (κ3) is 9.51. The van der Waals surface area contributed by atoms with E-state index in [1.54, 1.807) is 24.3 Å². The highest BCUT2D eigenvalue weighted by atomic mass is 16.5. The molecule has 2 aromatic rings. The number of rotatable bonds is 14. The number of hydrogen-bond donors (Lipinski definition) is 2. The fourth-order valence-electron chi connectivity index (χ4n) is 3.92. The van der Waals surface area contributed by atoms with E-state index < -0.39 is 0 Å². The van der Waals surface area contributed by atoms with Crippen molar-refractivity contribution in [3.63, 3.8) is 0 Å². The molecule has 0 saturated carbocycles. The summed E-state index contributed by atoms with van der Waals surface area (Å²) in [5, 5.41) is 5.49. The molecule has 8 heteroatoms. The Morgan fingerprint density at radius 1 is 1.00 bits per heavy atom. The predicted molar refractivity (Wildman–Crippen MR) is 139 cm³/mol. The Hall–Kier alpha value is -3.10. The summed E-state index contributed by atoms with van der Waals surface area (Å²) in [6.07, 6.45) is 4.18. The molecule has 0 aromatic heterocycles. The molecule has 2 aromatic carbocycles. The second kappa shape index (κ2) is 15.1. The summed E-state index contributed by atoms with van der Waals surface area (Å²) in [4.78, 5) is 26.9. The third-order valence-electron chi connectivity index (χ3n) is 6.21. The lowest BCUT2D eigenvalue weighted by Crippen LogP contribution is -2.38. The first-order chi connectivity index (χ1) is 17.5. The average molecular weight is 498 g/mol. The van der Waals surface area contributed by atoms with Gasteiger partial charge in [-0.1, -0.05) is 25.5 Å². The highest BCUT2D eigenvalue weighted by Crippen LogP contribution is 2.15. The molecule has 0 atom stereocenters. The highest BCUT2D eigenvalue weighted by molar-refractivity contribution is 5.96. The minimum Gasteiger partial charge on any atom is -0.494 e. The van der Waals surface area contributed by atoms with Crippen LogP contribution in [0.15, 0.2) is 48.5 Å². The van der Waals surface area contributed by atoms with Crippen LogP contribution in [0.1, 0.15) is 48.5 Å². The van der Waals surface area contributed by atoms with E-state index in [1.165, 1.54) is 0 Å². The largest absolute Gasteiger partial charge is 0.494 e. The fourth-order valence-corrected chi connectivity index (χ4v) is 3.92. The summed E-state index contributed by atoms with van der Waals surface area (Å²) < 4.78 is 17.0. The molecular weight excluding hydrogens is 458 g/mol. The summed E-state index contributed by atoms with van der Waals surface area (Å²) in [5.41, 5.74) is 1.42. The summed E-state index contributed by atoms with van der Waals surface area (Å²) in [7, 11) is 2.13. The van der Waals surface area contributed by atoms with Gasteiger partial charge in [0.1, 0.15) is 18.1 Å². The van der Waals surface area contributed by atoms with Crippen molar-refractivity contribution in [1.29, 1.82) is 0 Å². The van der Waals surface area contributed by atoms with E-state index >= 15 is 0 Å². The number of likely N-dealkylation sites (N-methyl/N-ethyl adjacent to an activating group) is 1. The number of nitrogens with zero attached hydrogens (tertiary/aromatic N) is 1. The monoisotopic (exact) mass is 497 g/mol. The number of unbranched alkanes of at least 4 members (excludes halogenated alkanes) is 1. The number of ether oxygens (including phenoxy) is 3. The molecule has 3 rings (SSSR count). The van der Waals surface area contributed by atoms with Gasteiger partial charge in [-0.2, -0.15) is 0 Å². The van der Waals surface area contributed by atoms with Crippen LogP contribution in [0.2, 0.25) is 0 Å². The highest BCUT2D eigenvalue weighted by Gasteiger charge is 2.18. The van der Waals surface area contributed by atoms with Gasteiger partial charge in [-0.15, -0.1) is 0 Å². The van der Waals surface area contributed by atoms with Crippen LogP contribution < -0.4 is 20.1 Å². The third-order valence-corrected chi connectivity index (χ3v) is 6.21. The zero-order valence-corrected chi connectivity index (χ0v) is 21.5. The van der Waals surface area contributed by atoms with Gasteiger partial charge < -0.3 is 24.8 Å². The summed E-state index contributed by atoms with van der Waals surface area (Å²) in [5.74, 6) is 0.950. The normalized spacial score (nSPS) is 13.9. The van der Waals surface area contributed by atoms with Crippen molar-refractivity contribution in [2.75, 3.05) is 46.6 Å². The molecule has 0 radical (unpaired) electrons. The Kier molecular flexibility index (Phi) is 11.5. The van der Waals surface area contributed by atoms with Crippen molar-refractivity contribution >= 4 is 11.8 Å². The minimum absolute atomic E-state index is 0.0949. The number of amides is 2. The van der Waals surface area contributed by atoms with Crippen LogP contribution >= 0.6 is 0 Å². The van der Waals surface area contributed by atoms with Crippen LogP contribution in [0.5, 0.6) is 11.5 Å². The second-order valence-corrected chi connectivity index (χ2v) is 9.01. The van der Waals surface area contributed by atoms with E-state index in [4.69, 9.17) is 14.2 Å². The van der Waals surface area contributed by atoms with Crippen LogP contribution in [0.25, 0.3) is 0 Å². The molecule has 0 aliphatic carbocycles. The molecule has 1 aliphatic rings. The first kappa shape index (κ1) is 27.5. The van der Waals surface area contributed by atoms with E-state index in [1.807, 2.05) is 24.3 Å². The number of carbonyl (C=O) groups excluding carboxylic acids is 2. The molecule has 2 amide bonds. The van der Waals surface area contributed by atoms with Crippen LogP contribution in [-0.2, 0) is 16.1 Å². The van der Waals surface area contributed by atoms with Gasteiger partial charge in [0.25, 0.3) is 5.91 Å². The van der Waals surface area contributed by atoms with Crippen LogP contribution in [-0.4, -0.2) is 69.3 Å². The summed E-state index contributed by atoms with van der Waals surface area (Å²) >= 11 is 0. The Bertz CT molecular complexity index is 944. The summed E-state index contributed by atoms with van der Waals surface area (Å²) in [6, 6.07) is 15.2. The first-order valence-corrected chi connectivity index (χ1v) is 12.8.